The highest BCUT2D eigenvalue weighted by Crippen LogP contribution is 2.23. The van der Waals surface area contributed by atoms with Crippen LogP contribution in [0.25, 0.3) is 0 Å². The van der Waals surface area contributed by atoms with E-state index in [-0.39, 0.29) is 10.6 Å². The van der Waals surface area contributed by atoms with Crippen LogP contribution in [-0.4, -0.2) is 14.7 Å². The molecule has 1 aromatic carbocycles. The van der Waals surface area contributed by atoms with Gasteiger partial charge in [-0.05, 0) is 29.8 Å². The fraction of sp³-hybridized carbons (Fsp3) is 0.250. The summed E-state index contributed by atoms with van der Waals surface area (Å²) >= 11 is 3.44. The van der Waals surface area contributed by atoms with E-state index in [2.05, 4.69) is 21.0 Å². The molecule has 0 fully saturated rings. The Kier molecular flexibility index (Phi) is 3.47. The first-order valence-electron chi connectivity index (χ1n) is 5.42. The number of aryl methyl sites for hydroxylation is 1. The summed E-state index contributed by atoms with van der Waals surface area (Å²) in [6.45, 7) is 4.22. The Labute approximate surface area is 113 Å². The van der Waals surface area contributed by atoms with Crippen LogP contribution in [0, 0.1) is 24.0 Å². The van der Waals surface area contributed by atoms with Gasteiger partial charge in [0.2, 0.25) is 0 Å². The van der Waals surface area contributed by atoms with Crippen molar-refractivity contribution in [1.82, 2.24) is 9.78 Å². The van der Waals surface area contributed by atoms with Crippen molar-refractivity contribution >= 4 is 21.6 Å². The lowest BCUT2D eigenvalue weighted by Crippen LogP contribution is -2.06. The molecule has 0 atom stereocenters. The minimum atomic E-state index is -0.365. The third-order valence-corrected chi connectivity index (χ3v) is 3.95. The molecule has 1 heterocycles. The summed E-state index contributed by atoms with van der Waals surface area (Å²) in [6, 6.07) is 6.72. The second kappa shape index (κ2) is 4.89. The molecule has 0 bridgehead atoms. The Morgan fingerprint density at radius 2 is 2.06 bits per heavy atom. The zero-order chi connectivity index (χ0) is 13.3. The van der Waals surface area contributed by atoms with E-state index in [1.54, 1.807) is 22.9 Å². The summed E-state index contributed by atoms with van der Waals surface area (Å²) in [5.74, 6) is 0. The van der Waals surface area contributed by atoms with E-state index >= 15 is 0 Å². The molecule has 0 aliphatic heterocycles. The minimum Gasteiger partial charge on any atom is -0.264 e. The highest BCUT2D eigenvalue weighted by Gasteiger charge is 2.15. The lowest BCUT2D eigenvalue weighted by molar-refractivity contribution is -0.385. The van der Waals surface area contributed by atoms with Gasteiger partial charge in [0, 0.05) is 6.07 Å². The largest absolute Gasteiger partial charge is 0.274 e. The van der Waals surface area contributed by atoms with Crippen LogP contribution in [0.4, 0.5) is 5.69 Å². The number of benzene rings is 1. The van der Waals surface area contributed by atoms with E-state index in [0.717, 1.165) is 15.9 Å². The third kappa shape index (κ3) is 2.28. The molecule has 2 rings (SSSR count). The molecule has 6 heteroatoms. The van der Waals surface area contributed by atoms with Gasteiger partial charge < -0.3 is 0 Å². The molecule has 0 amide bonds. The number of nitro groups is 1. The molecule has 0 unspecified atom stereocenters. The van der Waals surface area contributed by atoms with Crippen LogP contribution in [0.1, 0.15) is 17.0 Å². The highest BCUT2D eigenvalue weighted by atomic mass is 79.9. The smallest absolute Gasteiger partial charge is 0.264 e. The predicted octanol–water partition coefficient (Wildman–Crippen LogP) is 3.22. The molecule has 0 radical (unpaired) electrons. The van der Waals surface area contributed by atoms with Crippen molar-refractivity contribution in [2.45, 2.75) is 20.4 Å². The van der Waals surface area contributed by atoms with Crippen molar-refractivity contribution in [2.75, 3.05) is 0 Å². The summed E-state index contributed by atoms with van der Waals surface area (Å²) in [4.78, 5) is 10.6. The first-order valence-corrected chi connectivity index (χ1v) is 6.22. The molecular weight excluding hydrogens is 298 g/mol. The van der Waals surface area contributed by atoms with Crippen LogP contribution in [0.15, 0.2) is 28.7 Å². The molecule has 94 valence electrons. The third-order valence-electron chi connectivity index (χ3n) is 2.80. The van der Waals surface area contributed by atoms with Gasteiger partial charge in [-0.2, -0.15) is 5.10 Å². The maximum absolute atomic E-state index is 10.9. The number of para-hydroxylation sites is 1. The monoisotopic (exact) mass is 309 g/mol. The van der Waals surface area contributed by atoms with Crippen LogP contribution in [0.3, 0.4) is 0 Å². The van der Waals surface area contributed by atoms with E-state index in [4.69, 9.17) is 0 Å². The molecule has 0 aliphatic rings. The molecule has 0 aliphatic carbocycles. The molecule has 0 saturated heterocycles. The summed E-state index contributed by atoms with van der Waals surface area (Å²) in [6.07, 6.45) is 0. The summed E-state index contributed by atoms with van der Waals surface area (Å²) < 4.78 is 2.71. The van der Waals surface area contributed by atoms with Crippen LogP contribution in [0.5, 0.6) is 0 Å². The van der Waals surface area contributed by atoms with Gasteiger partial charge in [-0.25, -0.2) is 0 Å². The van der Waals surface area contributed by atoms with E-state index < -0.39 is 0 Å². The first kappa shape index (κ1) is 12.8. The molecule has 5 nitrogen and oxygen atoms in total. The van der Waals surface area contributed by atoms with Crippen molar-refractivity contribution in [3.63, 3.8) is 0 Å². The van der Waals surface area contributed by atoms with Gasteiger partial charge >= 0.3 is 0 Å². The number of nitro benzene ring substituents is 1. The standard InChI is InChI=1S/C12H12BrN3O2/c1-8-12(13)9(2)15(14-8)7-10-5-3-4-6-11(10)16(17)18/h3-6H,7H2,1-2H3. The Bertz CT molecular complexity index is 607. The van der Waals surface area contributed by atoms with Crippen molar-refractivity contribution in [3.8, 4) is 0 Å². The van der Waals surface area contributed by atoms with Gasteiger partial charge in [-0.1, -0.05) is 18.2 Å². The quantitative estimate of drug-likeness (QED) is 0.646. The number of halogens is 1. The Hall–Kier alpha value is -1.69. The number of aromatic nitrogens is 2. The number of rotatable bonds is 3. The number of nitrogens with zero attached hydrogens (tertiary/aromatic N) is 3. The molecule has 1 aromatic heterocycles. The fourth-order valence-corrected chi connectivity index (χ4v) is 2.10. The normalized spacial score (nSPS) is 10.6. The number of hydrogen-bond donors (Lipinski definition) is 0. The van der Waals surface area contributed by atoms with Crippen LogP contribution < -0.4 is 0 Å². The molecular formula is C12H12BrN3O2. The van der Waals surface area contributed by atoms with Crippen LogP contribution >= 0.6 is 15.9 Å². The maximum Gasteiger partial charge on any atom is 0.274 e. The van der Waals surface area contributed by atoms with Crippen molar-refractivity contribution in [2.24, 2.45) is 0 Å². The van der Waals surface area contributed by atoms with Gasteiger partial charge in [-0.15, -0.1) is 0 Å². The van der Waals surface area contributed by atoms with Crippen molar-refractivity contribution in [3.05, 3.63) is 55.8 Å². The van der Waals surface area contributed by atoms with Gasteiger partial charge in [0.1, 0.15) is 0 Å². The number of hydrogen-bond acceptors (Lipinski definition) is 3. The maximum atomic E-state index is 10.9. The second-order valence-corrected chi connectivity index (χ2v) is 4.82. The van der Waals surface area contributed by atoms with Crippen molar-refractivity contribution in [1.29, 1.82) is 0 Å². The fourth-order valence-electron chi connectivity index (χ4n) is 1.81. The first-order chi connectivity index (χ1) is 8.50. The lowest BCUT2D eigenvalue weighted by Gasteiger charge is -2.05. The second-order valence-electron chi connectivity index (χ2n) is 4.03. The Morgan fingerprint density at radius 3 is 2.61 bits per heavy atom. The van der Waals surface area contributed by atoms with E-state index in [1.165, 1.54) is 6.07 Å². The zero-order valence-electron chi connectivity index (χ0n) is 10.1. The summed E-state index contributed by atoms with van der Waals surface area (Å²) in [7, 11) is 0. The van der Waals surface area contributed by atoms with Crippen molar-refractivity contribution < 1.29 is 4.92 Å². The minimum absolute atomic E-state index is 0.126. The molecule has 0 saturated carbocycles. The average Bonchev–Trinajstić information content (AvgIpc) is 2.57. The molecule has 0 spiro atoms. The van der Waals surface area contributed by atoms with Crippen LogP contribution in [-0.2, 0) is 6.54 Å². The Morgan fingerprint density at radius 1 is 1.39 bits per heavy atom. The predicted molar refractivity (Wildman–Crippen MR) is 71.6 cm³/mol. The van der Waals surface area contributed by atoms with Gasteiger partial charge in [0.25, 0.3) is 5.69 Å². The van der Waals surface area contributed by atoms with Crippen LogP contribution in [0.2, 0.25) is 0 Å². The SMILES string of the molecule is Cc1nn(Cc2ccccc2[N+](=O)[O-])c(C)c1Br. The molecule has 18 heavy (non-hydrogen) atoms. The molecule has 2 aromatic rings. The van der Waals surface area contributed by atoms with Gasteiger partial charge in [0.15, 0.2) is 0 Å². The average molecular weight is 310 g/mol. The topological polar surface area (TPSA) is 61.0 Å². The van der Waals surface area contributed by atoms with E-state index in [9.17, 15) is 10.1 Å². The van der Waals surface area contributed by atoms with Gasteiger partial charge in [0.05, 0.1) is 32.9 Å². The zero-order valence-corrected chi connectivity index (χ0v) is 11.6. The highest BCUT2D eigenvalue weighted by molar-refractivity contribution is 9.10. The van der Waals surface area contributed by atoms with E-state index in [1.807, 2.05) is 13.8 Å². The Balaban J connectivity index is 2.40. The summed E-state index contributed by atoms with van der Waals surface area (Å²) in [5.41, 5.74) is 2.62. The summed E-state index contributed by atoms with van der Waals surface area (Å²) in [5, 5.41) is 15.3. The lowest BCUT2D eigenvalue weighted by atomic mass is 10.2. The molecule has 0 N–H and O–H groups in total. The van der Waals surface area contributed by atoms with Gasteiger partial charge in [-0.3, -0.25) is 14.8 Å². The van der Waals surface area contributed by atoms with E-state index in [0.29, 0.717) is 12.1 Å².